The Kier molecular flexibility index (Phi) is 6.71. The lowest BCUT2D eigenvalue weighted by Gasteiger charge is -2.13. The average Bonchev–Trinajstić information content (AvgIpc) is 3.47. The third-order valence-corrected chi connectivity index (χ3v) is 9.19. The number of halogens is 1. The molecule has 0 aliphatic rings. The third-order valence-electron chi connectivity index (χ3n) is 7.81. The zero-order valence-corrected chi connectivity index (χ0v) is 25.1. The van der Waals surface area contributed by atoms with E-state index in [0.29, 0.717) is 22.5 Å². The van der Waals surface area contributed by atoms with Crippen LogP contribution in [0.2, 0.25) is 5.02 Å². The number of rotatable bonds is 5. The van der Waals surface area contributed by atoms with E-state index < -0.39 is 0 Å². The molecule has 44 heavy (non-hydrogen) atoms. The van der Waals surface area contributed by atoms with Crippen molar-refractivity contribution in [1.29, 1.82) is 0 Å². The molecule has 0 aliphatic carbocycles. The quantitative estimate of drug-likeness (QED) is 0.197. The van der Waals surface area contributed by atoms with Gasteiger partial charge in [0, 0.05) is 41.9 Å². The fourth-order valence-electron chi connectivity index (χ4n) is 5.65. The highest BCUT2D eigenvalue weighted by atomic mass is 35.5. The fraction of sp³-hybridized carbons (Fsp3) is 0. The molecule has 8 rings (SSSR count). The molecule has 8 aromatic rings. The van der Waals surface area contributed by atoms with Gasteiger partial charge in [-0.15, -0.1) is 11.3 Å². The van der Waals surface area contributed by atoms with E-state index in [-0.39, 0.29) is 0 Å². The van der Waals surface area contributed by atoms with Crippen LogP contribution in [0.1, 0.15) is 0 Å². The van der Waals surface area contributed by atoms with Crippen LogP contribution in [0.15, 0.2) is 146 Å². The van der Waals surface area contributed by atoms with Crippen LogP contribution >= 0.6 is 22.9 Å². The number of nitrogens with zero attached hydrogens (tertiary/aromatic N) is 3. The first-order valence-corrected chi connectivity index (χ1v) is 15.6. The smallest absolute Gasteiger partial charge is 0.164 e. The molecule has 2 heterocycles. The fourth-order valence-corrected chi connectivity index (χ4v) is 6.91. The Labute approximate surface area is 264 Å². The van der Waals surface area contributed by atoms with Gasteiger partial charge in [0.25, 0.3) is 0 Å². The minimum Gasteiger partial charge on any atom is -0.208 e. The number of hydrogen-bond donors (Lipinski definition) is 0. The summed E-state index contributed by atoms with van der Waals surface area (Å²) in [5.74, 6) is 1.85. The predicted octanol–water partition coefficient (Wildman–Crippen LogP) is 11.2. The molecule has 6 aromatic carbocycles. The Balaban J connectivity index is 1.33. The molecule has 208 valence electrons. The van der Waals surface area contributed by atoms with Crippen LogP contribution in [-0.2, 0) is 0 Å². The topological polar surface area (TPSA) is 38.7 Å². The highest BCUT2D eigenvalue weighted by molar-refractivity contribution is 7.25. The van der Waals surface area contributed by atoms with E-state index in [0.717, 1.165) is 38.9 Å². The van der Waals surface area contributed by atoms with Gasteiger partial charge in [-0.1, -0.05) is 109 Å². The molecule has 0 bridgehead atoms. The third kappa shape index (κ3) is 4.94. The minimum atomic E-state index is 0.598. The van der Waals surface area contributed by atoms with E-state index in [1.54, 1.807) is 11.3 Å². The van der Waals surface area contributed by atoms with Gasteiger partial charge in [0.15, 0.2) is 17.5 Å². The summed E-state index contributed by atoms with van der Waals surface area (Å²) >= 11 is 8.41. The molecular formula is C39H24ClN3S. The molecule has 0 N–H and O–H groups in total. The Morgan fingerprint density at radius 3 is 1.84 bits per heavy atom. The van der Waals surface area contributed by atoms with E-state index in [9.17, 15) is 0 Å². The number of aromatic nitrogens is 3. The number of hydrogen-bond acceptors (Lipinski definition) is 4. The summed E-state index contributed by atoms with van der Waals surface area (Å²) in [7, 11) is 0. The molecule has 0 saturated carbocycles. The summed E-state index contributed by atoms with van der Waals surface area (Å²) in [6, 6.07) is 49.9. The Hall–Kier alpha value is -5.16. The van der Waals surface area contributed by atoms with Crippen LogP contribution in [0.25, 0.3) is 76.6 Å². The van der Waals surface area contributed by atoms with E-state index in [4.69, 9.17) is 26.6 Å². The van der Waals surface area contributed by atoms with Crippen molar-refractivity contribution in [1.82, 2.24) is 15.0 Å². The monoisotopic (exact) mass is 601 g/mol. The van der Waals surface area contributed by atoms with Crippen molar-refractivity contribution in [2.24, 2.45) is 0 Å². The first-order valence-electron chi connectivity index (χ1n) is 14.4. The Bertz CT molecular complexity index is 2300. The van der Waals surface area contributed by atoms with Gasteiger partial charge in [0.1, 0.15) is 0 Å². The van der Waals surface area contributed by atoms with Crippen LogP contribution in [0.5, 0.6) is 0 Å². The molecule has 0 saturated heterocycles. The van der Waals surface area contributed by atoms with Crippen LogP contribution in [0.3, 0.4) is 0 Å². The molecule has 0 atom stereocenters. The second kappa shape index (κ2) is 11.2. The Morgan fingerprint density at radius 1 is 0.386 bits per heavy atom. The maximum Gasteiger partial charge on any atom is 0.164 e. The summed E-state index contributed by atoms with van der Waals surface area (Å²) in [6.45, 7) is 0. The highest BCUT2D eigenvalue weighted by Crippen LogP contribution is 2.38. The lowest BCUT2D eigenvalue weighted by Crippen LogP contribution is -2.01. The van der Waals surface area contributed by atoms with Gasteiger partial charge in [-0.25, -0.2) is 15.0 Å². The standard InChI is InChI=1S/C39H24ClN3S/c40-30-19-20-32(33(24-30)28-15-9-14-27(22-28)25-10-3-1-4-11-25)39-42-37(26-12-5-2-6-13-26)41-38(43-39)29-18-21-36-34(23-29)31-16-7-8-17-35(31)44-36/h1-24H. The summed E-state index contributed by atoms with van der Waals surface area (Å²) in [5.41, 5.74) is 7.06. The van der Waals surface area contributed by atoms with Crippen molar-refractivity contribution in [2.75, 3.05) is 0 Å². The summed E-state index contributed by atoms with van der Waals surface area (Å²) in [4.78, 5) is 15.1. The molecule has 5 heteroatoms. The maximum atomic E-state index is 6.61. The van der Waals surface area contributed by atoms with Crippen LogP contribution in [-0.4, -0.2) is 15.0 Å². The van der Waals surface area contributed by atoms with Crippen molar-refractivity contribution in [3.63, 3.8) is 0 Å². The zero-order valence-electron chi connectivity index (χ0n) is 23.5. The van der Waals surface area contributed by atoms with Gasteiger partial charge in [-0.05, 0) is 70.8 Å². The minimum absolute atomic E-state index is 0.598. The molecule has 0 aliphatic heterocycles. The van der Waals surface area contributed by atoms with Gasteiger partial charge >= 0.3 is 0 Å². The first-order chi connectivity index (χ1) is 21.7. The normalized spacial score (nSPS) is 11.3. The molecule has 0 radical (unpaired) electrons. The van der Waals surface area contributed by atoms with E-state index >= 15 is 0 Å². The maximum absolute atomic E-state index is 6.61. The van der Waals surface area contributed by atoms with Crippen molar-refractivity contribution in [2.45, 2.75) is 0 Å². The van der Waals surface area contributed by atoms with Crippen molar-refractivity contribution in [3.8, 4) is 56.4 Å². The molecule has 0 unspecified atom stereocenters. The number of benzene rings is 6. The van der Waals surface area contributed by atoms with Gasteiger partial charge in [0.2, 0.25) is 0 Å². The molecular weight excluding hydrogens is 578 g/mol. The van der Waals surface area contributed by atoms with Crippen molar-refractivity contribution in [3.05, 3.63) is 151 Å². The molecule has 0 spiro atoms. The second-order valence-corrected chi connectivity index (χ2v) is 12.1. The van der Waals surface area contributed by atoms with Crippen molar-refractivity contribution < 1.29 is 0 Å². The highest BCUT2D eigenvalue weighted by Gasteiger charge is 2.17. The van der Waals surface area contributed by atoms with E-state index in [1.165, 1.54) is 20.2 Å². The summed E-state index contributed by atoms with van der Waals surface area (Å²) in [5, 5.41) is 3.10. The largest absolute Gasteiger partial charge is 0.208 e. The average molecular weight is 602 g/mol. The first kappa shape index (κ1) is 26.5. The van der Waals surface area contributed by atoms with Crippen LogP contribution in [0.4, 0.5) is 0 Å². The SMILES string of the molecule is Clc1ccc(-c2nc(-c3ccccc3)nc(-c3ccc4sc5ccccc5c4c3)n2)c(-c2cccc(-c3ccccc3)c2)c1. The van der Waals surface area contributed by atoms with Gasteiger partial charge < -0.3 is 0 Å². The van der Waals surface area contributed by atoms with E-state index in [2.05, 4.69) is 91.0 Å². The van der Waals surface area contributed by atoms with E-state index in [1.807, 2.05) is 54.6 Å². The lowest BCUT2D eigenvalue weighted by molar-refractivity contribution is 1.07. The number of fused-ring (bicyclic) bond motifs is 3. The van der Waals surface area contributed by atoms with Crippen LogP contribution < -0.4 is 0 Å². The number of thiophene rings is 1. The molecule has 2 aromatic heterocycles. The lowest BCUT2D eigenvalue weighted by atomic mass is 9.95. The predicted molar refractivity (Wildman–Crippen MR) is 185 cm³/mol. The van der Waals surface area contributed by atoms with Gasteiger partial charge in [-0.3, -0.25) is 0 Å². The Morgan fingerprint density at radius 2 is 1.02 bits per heavy atom. The van der Waals surface area contributed by atoms with Crippen molar-refractivity contribution >= 4 is 43.1 Å². The molecule has 0 amide bonds. The van der Waals surface area contributed by atoms with Gasteiger partial charge in [0.05, 0.1) is 0 Å². The summed E-state index contributed by atoms with van der Waals surface area (Å²) in [6.07, 6.45) is 0. The second-order valence-electron chi connectivity index (χ2n) is 10.6. The summed E-state index contributed by atoms with van der Waals surface area (Å²) < 4.78 is 2.51. The van der Waals surface area contributed by atoms with Crippen LogP contribution in [0, 0.1) is 0 Å². The molecule has 3 nitrogen and oxygen atoms in total. The van der Waals surface area contributed by atoms with Gasteiger partial charge in [-0.2, -0.15) is 0 Å². The zero-order chi connectivity index (χ0) is 29.5. The molecule has 0 fully saturated rings.